The summed E-state index contributed by atoms with van der Waals surface area (Å²) in [5.74, 6) is 0.182. The molecule has 0 bridgehead atoms. The Hall–Kier alpha value is -1.44. The van der Waals surface area contributed by atoms with Gasteiger partial charge >= 0.3 is 0 Å². The molecule has 29 heavy (non-hydrogen) atoms. The molecule has 0 atom stereocenters. The summed E-state index contributed by atoms with van der Waals surface area (Å²) in [6.07, 6.45) is 5.89. The highest BCUT2D eigenvalue weighted by atomic mass is 32.2. The molecule has 7 heteroatoms. The summed E-state index contributed by atoms with van der Waals surface area (Å²) >= 11 is 0. The van der Waals surface area contributed by atoms with Gasteiger partial charge in [-0.2, -0.15) is 4.31 Å². The number of hydrogen-bond acceptors (Lipinski definition) is 4. The van der Waals surface area contributed by atoms with E-state index < -0.39 is 10.0 Å². The van der Waals surface area contributed by atoms with Crippen LogP contribution >= 0.6 is 0 Å². The number of nitrogens with zero attached hydrogens (tertiary/aromatic N) is 3. The molecule has 2 aliphatic rings. The van der Waals surface area contributed by atoms with E-state index >= 15 is 0 Å². The molecule has 1 saturated carbocycles. The summed E-state index contributed by atoms with van der Waals surface area (Å²) in [4.78, 5) is 17.6. The molecule has 3 rings (SSSR count). The smallest absolute Gasteiger partial charge is 0.243 e. The van der Waals surface area contributed by atoms with Crippen LogP contribution in [0.4, 0.5) is 0 Å². The Morgan fingerprint density at radius 2 is 1.62 bits per heavy atom. The lowest BCUT2D eigenvalue weighted by atomic mass is 9.93. The Balaban J connectivity index is 1.57. The highest BCUT2D eigenvalue weighted by Crippen LogP contribution is 2.25. The van der Waals surface area contributed by atoms with Crippen molar-refractivity contribution in [3.05, 3.63) is 29.8 Å². The van der Waals surface area contributed by atoms with Crippen LogP contribution in [-0.4, -0.2) is 73.2 Å². The minimum atomic E-state index is -3.47. The van der Waals surface area contributed by atoms with Gasteiger partial charge in [0.05, 0.1) is 11.4 Å². The first-order valence-electron chi connectivity index (χ1n) is 10.9. The number of carbonyl (C=O) groups is 1. The first kappa shape index (κ1) is 22.2. The minimum Gasteiger partial charge on any atom is -0.336 e. The molecule has 0 spiro atoms. The lowest BCUT2D eigenvalue weighted by molar-refractivity contribution is -0.137. The first-order valence-corrected chi connectivity index (χ1v) is 12.3. The fraction of sp³-hybridized carbons (Fsp3) is 0.682. The number of carbonyl (C=O) groups excluding carboxylic acids is 1. The second kappa shape index (κ2) is 9.58. The molecule has 1 aliphatic heterocycles. The fourth-order valence-electron chi connectivity index (χ4n) is 4.53. The van der Waals surface area contributed by atoms with E-state index in [1.54, 1.807) is 16.4 Å². The van der Waals surface area contributed by atoms with Crippen molar-refractivity contribution in [1.82, 2.24) is 14.1 Å². The number of hydrogen-bond donors (Lipinski definition) is 0. The van der Waals surface area contributed by atoms with Crippen LogP contribution in [0.3, 0.4) is 0 Å². The van der Waals surface area contributed by atoms with Gasteiger partial charge in [0.15, 0.2) is 0 Å². The number of piperazine rings is 1. The van der Waals surface area contributed by atoms with Gasteiger partial charge in [-0.15, -0.1) is 0 Å². The molecule has 0 N–H and O–H groups in total. The van der Waals surface area contributed by atoms with Crippen molar-refractivity contribution >= 4 is 15.9 Å². The molecule has 1 amide bonds. The summed E-state index contributed by atoms with van der Waals surface area (Å²) < 4.78 is 27.3. The molecule has 162 valence electrons. The predicted octanol–water partition coefficient (Wildman–Crippen LogP) is 2.87. The Labute approximate surface area is 175 Å². The van der Waals surface area contributed by atoms with Gasteiger partial charge in [0, 0.05) is 38.3 Å². The van der Waals surface area contributed by atoms with Gasteiger partial charge in [0.2, 0.25) is 15.9 Å². The van der Waals surface area contributed by atoms with Crippen molar-refractivity contribution in [2.75, 3.05) is 32.7 Å². The Kier molecular flexibility index (Phi) is 7.35. The van der Waals surface area contributed by atoms with E-state index in [-0.39, 0.29) is 11.9 Å². The maximum absolute atomic E-state index is 13.0. The van der Waals surface area contributed by atoms with E-state index in [4.69, 9.17) is 0 Å². The summed E-state index contributed by atoms with van der Waals surface area (Å²) in [6.45, 7) is 8.55. The van der Waals surface area contributed by atoms with E-state index in [9.17, 15) is 13.2 Å². The third-order valence-corrected chi connectivity index (χ3v) is 8.07. The van der Waals surface area contributed by atoms with E-state index in [0.717, 1.165) is 18.4 Å². The highest BCUT2D eigenvalue weighted by Gasteiger charge is 2.32. The molecule has 1 heterocycles. The first-order chi connectivity index (χ1) is 13.8. The van der Waals surface area contributed by atoms with Gasteiger partial charge < -0.3 is 4.90 Å². The van der Waals surface area contributed by atoms with Crippen molar-refractivity contribution < 1.29 is 13.2 Å². The number of sulfonamides is 1. The van der Waals surface area contributed by atoms with Crippen molar-refractivity contribution in [2.24, 2.45) is 0 Å². The third kappa shape index (κ3) is 5.38. The predicted molar refractivity (Wildman–Crippen MR) is 115 cm³/mol. The number of aryl methyl sites for hydroxylation is 1. The second-order valence-corrected chi connectivity index (χ2v) is 10.6. The second-order valence-electron chi connectivity index (χ2n) is 8.68. The fourth-order valence-corrected chi connectivity index (χ4v) is 5.95. The molecular weight excluding hydrogens is 386 g/mol. The average molecular weight is 422 g/mol. The molecule has 1 aromatic carbocycles. The van der Waals surface area contributed by atoms with Crippen LogP contribution in [0.15, 0.2) is 29.2 Å². The summed E-state index contributed by atoms with van der Waals surface area (Å²) in [5.41, 5.74) is 1.04. The topological polar surface area (TPSA) is 60.9 Å². The van der Waals surface area contributed by atoms with Crippen LogP contribution in [0, 0.1) is 6.92 Å². The van der Waals surface area contributed by atoms with Crippen molar-refractivity contribution in [2.45, 2.75) is 69.9 Å². The van der Waals surface area contributed by atoms with Crippen LogP contribution in [0.1, 0.15) is 51.5 Å². The van der Waals surface area contributed by atoms with Crippen molar-refractivity contribution in [1.29, 1.82) is 0 Å². The molecule has 1 aromatic rings. The van der Waals surface area contributed by atoms with Gasteiger partial charge in [0.25, 0.3) is 0 Å². The molecule has 0 unspecified atom stereocenters. The van der Waals surface area contributed by atoms with Gasteiger partial charge in [0.1, 0.15) is 0 Å². The maximum atomic E-state index is 13.0. The standard InChI is InChI=1S/C22H35N3O3S/c1-18(2)25(20-7-5-4-6-8-20)22(26)17-23-13-15-24(16-14-23)29(27,28)21-11-9-19(3)10-12-21/h9-12,18,20H,4-8,13-17H2,1-3H3. The molecular formula is C22H35N3O3S. The summed E-state index contributed by atoms with van der Waals surface area (Å²) in [7, 11) is -3.47. The SMILES string of the molecule is Cc1ccc(S(=O)(=O)N2CCN(CC(=O)N(C(C)C)C3CCCCC3)CC2)cc1. The lowest BCUT2D eigenvalue weighted by Crippen LogP contribution is -2.54. The van der Waals surface area contributed by atoms with Crippen LogP contribution in [0.5, 0.6) is 0 Å². The van der Waals surface area contributed by atoms with Gasteiger partial charge in [-0.1, -0.05) is 37.0 Å². The van der Waals surface area contributed by atoms with Crippen LogP contribution in [0.2, 0.25) is 0 Å². The van der Waals surface area contributed by atoms with E-state index in [1.807, 2.05) is 19.1 Å². The largest absolute Gasteiger partial charge is 0.336 e. The Morgan fingerprint density at radius 1 is 1.03 bits per heavy atom. The van der Waals surface area contributed by atoms with Crippen LogP contribution in [-0.2, 0) is 14.8 Å². The highest BCUT2D eigenvalue weighted by molar-refractivity contribution is 7.89. The molecule has 1 saturated heterocycles. The van der Waals surface area contributed by atoms with Crippen molar-refractivity contribution in [3.63, 3.8) is 0 Å². The summed E-state index contributed by atoms with van der Waals surface area (Å²) in [6, 6.07) is 7.56. The number of amides is 1. The van der Waals surface area contributed by atoms with E-state index in [2.05, 4.69) is 23.6 Å². The minimum absolute atomic E-state index is 0.182. The number of benzene rings is 1. The van der Waals surface area contributed by atoms with Gasteiger partial charge in [-0.25, -0.2) is 8.42 Å². The quantitative estimate of drug-likeness (QED) is 0.709. The van der Waals surface area contributed by atoms with Crippen LogP contribution < -0.4 is 0 Å². The monoisotopic (exact) mass is 421 g/mol. The van der Waals surface area contributed by atoms with Gasteiger partial charge in [-0.05, 0) is 45.7 Å². The molecule has 1 aliphatic carbocycles. The average Bonchev–Trinajstić information content (AvgIpc) is 2.69. The normalized spacial score (nSPS) is 20.1. The zero-order chi connectivity index (χ0) is 21.0. The zero-order valence-electron chi connectivity index (χ0n) is 18.0. The van der Waals surface area contributed by atoms with Crippen LogP contribution in [0.25, 0.3) is 0 Å². The number of rotatable bonds is 6. The summed E-state index contributed by atoms with van der Waals surface area (Å²) in [5, 5.41) is 0. The molecule has 0 aromatic heterocycles. The van der Waals surface area contributed by atoms with Gasteiger partial charge in [-0.3, -0.25) is 9.69 Å². The lowest BCUT2D eigenvalue weighted by Gasteiger charge is -2.40. The Morgan fingerprint density at radius 3 is 2.17 bits per heavy atom. The molecule has 0 radical (unpaired) electrons. The molecule has 2 fully saturated rings. The van der Waals surface area contributed by atoms with E-state index in [0.29, 0.717) is 43.7 Å². The molecule has 6 nitrogen and oxygen atoms in total. The van der Waals surface area contributed by atoms with E-state index in [1.165, 1.54) is 19.3 Å². The Bertz CT molecular complexity index is 778. The van der Waals surface area contributed by atoms with Crippen molar-refractivity contribution in [3.8, 4) is 0 Å². The zero-order valence-corrected chi connectivity index (χ0v) is 18.8. The third-order valence-electron chi connectivity index (χ3n) is 6.16. The maximum Gasteiger partial charge on any atom is 0.243 e.